The molecule has 3 amide bonds. The summed E-state index contributed by atoms with van der Waals surface area (Å²) in [6.07, 6.45) is 0.719. The molecule has 0 N–H and O–H groups in total. The maximum atomic E-state index is 13.7. The van der Waals surface area contributed by atoms with Crippen LogP contribution in [0.2, 0.25) is 0 Å². The molecule has 3 aromatic rings. The minimum Gasteiger partial charge on any atom is -0.423 e. The highest BCUT2D eigenvalue weighted by molar-refractivity contribution is 9.12. The molecule has 11 nitrogen and oxygen atoms in total. The van der Waals surface area contributed by atoms with Gasteiger partial charge in [-0.25, -0.2) is 9.80 Å². The number of nitro groups is 1. The van der Waals surface area contributed by atoms with Gasteiger partial charge in [-0.2, -0.15) is 5.01 Å². The van der Waals surface area contributed by atoms with Crippen LogP contribution in [0.3, 0.4) is 0 Å². The van der Waals surface area contributed by atoms with Gasteiger partial charge in [-0.05, 0) is 61.4 Å². The summed E-state index contributed by atoms with van der Waals surface area (Å²) in [5.74, 6) is -4.37. The Hall–Kier alpha value is -4.23. The molecule has 0 unspecified atom stereocenters. The number of esters is 1. The zero-order chi connectivity index (χ0) is 30.8. The molecule has 0 radical (unpaired) electrons. The Balaban J connectivity index is 1.40. The number of carbonyl (C=O) groups is 5. The summed E-state index contributed by atoms with van der Waals surface area (Å²) < 4.78 is 5.35. The summed E-state index contributed by atoms with van der Waals surface area (Å²) in [7, 11) is 0. The van der Waals surface area contributed by atoms with Crippen LogP contribution in [0, 0.1) is 22.0 Å². The molecule has 5 rings (SSSR count). The molecule has 2 fully saturated rings. The third-order valence-electron chi connectivity index (χ3n) is 7.38. The lowest BCUT2D eigenvalue weighted by Gasteiger charge is -2.30. The van der Waals surface area contributed by atoms with Crippen LogP contribution in [0.4, 0.5) is 5.69 Å². The van der Waals surface area contributed by atoms with Crippen molar-refractivity contribution in [2.45, 2.75) is 22.5 Å². The highest BCUT2D eigenvalue weighted by Crippen LogP contribution is 2.43. The number of amides is 3. The van der Waals surface area contributed by atoms with Gasteiger partial charge in [0.1, 0.15) is 12.3 Å². The number of fused-ring (bicyclic) bond motifs is 1. The summed E-state index contributed by atoms with van der Waals surface area (Å²) in [5.41, 5.74) is 0.187. The van der Waals surface area contributed by atoms with Crippen LogP contribution < -0.4 is 4.74 Å². The molecule has 43 heavy (non-hydrogen) atoms. The number of hydrogen-bond acceptors (Lipinski definition) is 8. The van der Waals surface area contributed by atoms with E-state index in [1.165, 1.54) is 36.4 Å². The van der Waals surface area contributed by atoms with Gasteiger partial charge in [0, 0.05) is 32.9 Å². The van der Waals surface area contributed by atoms with Crippen LogP contribution in [0.5, 0.6) is 5.75 Å². The van der Waals surface area contributed by atoms with E-state index >= 15 is 0 Å². The summed E-state index contributed by atoms with van der Waals surface area (Å²) in [4.78, 5) is 76.9. The first-order valence-electron chi connectivity index (χ1n) is 13.2. The standard InChI is InChI=1S/C30H23Br2N3O8/c31-24-14-22-23(15-25(24)32)29(39)34(28(22)38)33(27(37)18-6-10-20(11-7-18)35(41)42)16-26(36)17-8-12-21(13-9-17)43-30(40)19-4-2-1-3-5-19/h1-13,22-25H,14-16H2/t22-,23+,24-,25-/m0/s1. The van der Waals surface area contributed by atoms with E-state index in [1.807, 2.05) is 0 Å². The number of nitro benzene ring substituents is 1. The summed E-state index contributed by atoms with van der Waals surface area (Å²) in [5, 5.41) is 12.7. The smallest absolute Gasteiger partial charge is 0.343 e. The Bertz CT molecular complexity index is 1570. The van der Waals surface area contributed by atoms with E-state index in [2.05, 4.69) is 31.9 Å². The number of ketones is 1. The van der Waals surface area contributed by atoms with Crippen LogP contribution in [-0.4, -0.2) is 60.6 Å². The minimum absolute atomic E-state index is 0.0474. The highest BCUT2D eigenvalue weighted by atomic mass is 79.9. The quantitative estimate of drug-likeness (QED) is 0.0606. The molecular weight excluding hydrogens is 690 g/mol. The van der Waals surface area contributed by atoms with Gasteiger partial charge in [-0.15, -0.1) is 0 Å². The van der Waals surface area contributed by atoms with Gasteiger partial charge >= 0.3 is 5.97 Å². The third-order valence-corrected chi connectivity index (χ3v) is 10.1. The topological polar surface area (TPSA) is 144 Å². The molecule has 2 aliphatic rings. The first-order valence-corrected chi connectivity index (χ1v) is 15.0. The number of carbonyl (C=O) groups excluding carboxylic acids is 5. The van der Waals surface area contributed by atoms with Gasteiger partial charge < -0.3 is 4.74 Å². The molecule has 13 heteroatoms. The van der Waals surface area contributed by atoms with Gasteiger partial charge in [0.15, 0.2) is 5.78 Å². The Morgan fingerprint density at radius 3 is 1.88 bits per heavy atom. The van der Waals surface area contributed by atoms with Gasteiger partial charge in [0.25, 0.3) is 23.4 Å². The number of halogens is 2. The average molecular weight is 713 g/mol. The molecular formula is C30H23Br2N3O8. The molecule has 1 saturated heterocycles. The van der Waals surface area contributed by atoms with Crippen molar-refractivity contribution in [1.29, 1.82) is 0 Å². The second kappa shape index (κ2) is 12.6. The van der Waals surface area contributed by atoms with Gasteiger partial charge in [-0.1, -0.05) is 50.1 Å². The van der Waals surface area contributed by atoms with Crippen LogP contribution in [0.25, 0.3) is 0 Å². The van der Waals surface area contributed by atoms with Crippen molar-refractivity contribution in [3.05, 3.63) is 106 Å². The lowest BCUT2D eigenvalue weighted by atomic mass is 9.81. The van der Waals surface area contributed by atoms with E-state index < -0.39 is 52.8 Å². The summed E-state index contributed by atoms with van der Waals surface area (Å²) in [6.45, 7) is -0.661. The van der Waals surface area contributed by atoms with E-state index in [4.69, 9.17) is 4.74 Å². The van der Waals surface area contributed by atoms with Crippen molar-refractivity contribution in [2.75, 3.05) is 6.54 Å². The monoisotopic (exact) mass is 711 g/mol. The molecule has 1 saturated carbocycles. The van der Waals surface area contributed by atoms with Crippen LogP contribution in [0.15, 0.2) is 78.9 Å². The van der Waals surface area contributed by atoms with Gasteiger partial charge in [-0.3, -0.25) is 29.3 Å². The van der Waals surface area contributed by atoms with Gasteiger partial charge in [0.2, 0.25) is 0 Å². The number of non-ortho nitro benzene ring substituents is 1. The number of rotatable bonds is 8. The van der Waals surface area contributed by atoms with Crippen LogP contribution in [0.1, 0.15) is 43.9 Å². The predicted octanol–water partition coefficient (Wildman–Crippen LogP) is 4.98. The fraction of sp³-hybridized carbons (Fsp3) is 0.233. The second-order valence-corrected chi connectivity index (χ2v) is 12.4. The zero-order valence-electron chi connectivity index (χ0n) is 22.3. The molecule has 1 aliphatic heterocycles. The third kappa shape index (κ3) is 6.27. The van der Waals surface area contributed by atoms with E-state index in [9.17, 15) is 34.1 Å². The van der Waals surface area contributed by atoms with Crippen molar-refractivity contribution in [3.8, 4) is 5.75 Å². The van der Waals surface area contributed by atoms with Crippen molar-refractivity contribution in [3.63, 3.8) is 0 Å². The first-order chi connectivity index (χ1) is 20.5. The molecule has 1 aliphatic carbocycles. The Morgan fingerprint density at radius 1 is 0.814 bits per heavy atom. The number of hydrazine groups is 1. The normalized spacial score (nSPS) is 21.2. The van der Waals surface area contributed by atoms with E-state index in [-0.39, 0.29) is 32.2 Å². The molecule has 220 valence electrons. The lowest BCUT2D eigenvalue weighted by Crippen LogP contribution is -2.52. The van der Waals surface area contributed by atoms with Crippen LogP contribution in [-0.2, 0) is 9.59 Å². The van der Waals surface area contributed by atoms with Crippen molar-refractivity contribution in [2.24, 2.45) is 11.8 Å². The largest absolute Gasteiger partial charge is 0.423 e. The van der Waals surface area contributed by atoms with Crippen molar-refractivity contribution >= 4 is 67.0 Å². The number of benzene rings is 3. The highest BCUT2D eigenvalue weighted by Gasteiger charge is 2.54. The van der Waals surface area contributed by atoms with Crippen molar-refractivity contribution < 1.29 is 33.6 Å². The van der Waals surface area contributed by atoms with Gasteiger partial charge in [0.05, 0.1) is 22.3 Å². The van der Waals surface area contributed by atoms with E-state index in [0.717, 1.165) is 22.2 Å². The first kappa shape index (κ1) is 30.2. The van der Waals surface area contributed by atoms with Crippen LogP contribution >= 0.6 is 31.9 Å². The number of nitrogens with zero attached hydrogens (tertiary/aromatic N) is 3. The fourth-order valence-electron chi connectivity index (χ4n) is 5.10. The summed E-state index contributed by atoms with van der Waals surface area (Å²) >= 11 is 7.07. The molecule has 0 aromatic heterocycles. The lowest BCUT2D eigenvalue weighted by molar-refractivity contribution is -0.384. The number of hydrogen-bond donors (Lipinski definition) is 0. The number of ether oxygens (including phenoxy) is 1. The SMILES string of the molecule is O=C(CN(C(=O)c1ccc([N+](=O)[O-])cc1)N1C(=O)[C@H]2C[C@H](Br)[C@@H](Br)C[C@H]2C1=O)c1ccc(OC(=O)c2ccccc2)cc1. The Labute approximate surface area is 262 Å². The minimum atomic E-state index is -0.845. The summed E-state index contributed by atoms with van der Waals surface area (Å²) in [6, 6.07) is 18.7. The Kier molecular flexibility index (Phi) is 8.83. The second-order valence-electron chi connectivity index (χ2n) is 10.1. The average Bonchev–Trinajstić information content (AvgIpc) is 3.24. The van der Waals surface area contributed by atoms with E-state index in [1.54, 1.807) is 30.3 Å². The van der Waals surface area contributed by atoms with E-state index in [0.29, 0.717) is 18.4 Å². The molecule has 4 atom stereocenters. The number of imide groups is 1. The number of Topliss-reactive ketones (excluding diaryl/α,β-unsaturated/α-hetero) is 1. The molecule has 0 bridgehead atoms. The number of alkyl halides is 2. The Morgan fingerprint density at radius 2 is 1.35 bits per heavy atom. The zero-order valence-corrected chi connectivity index (χ0v) is 25.5. The molecule has 3 aromatic carbocycles. The molecule has 1 heterocycles. The van der Waals surface area contributed by atoms with Crippen molar-refractivity contribution in [1.82, 2.24) is 10.0 Å². The fourth-order valence-corrected chi connectivity index (χ4v) is 6.34. The predicted molar refractivity (Wildman–Crippen MR) is 160 cm³/mol. The molecule has 0 spiro atoms. The maximum absolute atomic E-state index is 13.7. The maximum Gasteiger partial charge on any atom is 0.343 e.